The Kier molecular flexibility index (Phi) is 5.49. The molecule has 0 aromatic heterocycles. The summed E-state index contributed by atoms with van der Waals surface area (Å²) in [4.78, 5) is 12.7. The highest BCUT2D eigenvalue weighted by Crippen LogP contribution is 2.18. The highest BCUT2D eigenvalue weighted by atomic mass is 16.6. The van der Waals surface area contributed by atoms with Crippen molar-refractivity contribution in [1.82, 2.24) is 4.90 Å². The first-order valence-corrected chi connectivity index (χ1v) is 7.13. The van der Waals surface area contributed by atoms with Crippen molar-refractivity contribution in [3.63, 3.8) is 0 Å². The number of nitrogens with zero attached hydrogens (tertiary/aromatic N) is 2. The molecule has 5 heteroatoms. The minimum atomic E-state index is -0.357. The Morgan fingerprint density at radius 3 is 2.80 bits per heavy atom. The van der Waals surface area contributed by atoms with Crippen molar-refractivity contribution in [3.05, 3.63) is 39.9 Å². The van der Waals surface area contributed by atoms with Gasteiger partial charge in [0.2, 0.25) is 0 Å². The molecule has 2 rings (SSSR count). The fourth-order valence-corrected chi connectivity index (χ4v) is 2.80. The number of ether oxygens (including phenoxy) is 1. The van der Waals surface area contributed by atoms with Crippen LogP contribution in [-0.2, 0) is 11.2 Å². The van der Waals surface area contributed by atoms with Crippen LogP contribution in [0, 0.1) is 16.0 Å². The van der Waals surface area contributed by atoms with Crippen molar-refractivity contribution in [2.75, 3.05) is 33.4 Å². The average molecular weight is 278 g/mol. The van der Waals surface area contributed by atoms with E-state index in [1.54, 1.807) is 19.2 Å². The van der Waals surface area contributed by atoms with Crippen LogP contribution in [0.2, 0.25) is 0 Å². The van der Waals surface area contributed by atoms with E-state index in [9.17, 15) is 10.1 Å². The van der Waals surface area contributed by atoms with Crippen LogP contribution >= 0.6 is 0 Å². The lowest BCUT2D eigenvalue weighted by atomic mass is 9.98. The average Bonchev–Trinajstić information content (AvgIpc) is 2.46. The number of nitro benzene ring substituents is 1. The second-order valence-electron chi connectivity index (χ2n) is 5.44. The summed E-state index contributed by atoms with van der Waals surface area (Å²) in [6.45, 7) is 4.10. The van der Waals surface area contributed by atoms with E-state index in [2.05, 4.69) is 4.90 Å². The van der Waals surface area contributed by atoms with E-state index in [-0.39, 0.29) is 10.6 Å². The minimum absolute atomic E-state index is 0.159. The van der Waals surface area contributed by atoms with E-state index >= 15 is 0 Å². The third-order valence-corrected chi connectivity index (χ3v) is 3.87. The monoisotopic (exact) mass is 278 g/mol. The van der Waals surface area contributed by atoms with Crippen molar-refractivity contribution < 1.29 is 9.66 Å². The van der Waals surface area contributed by atoms with Gasteiger partial charge in [-0.3, -0.25) is 10.1 Å². The van der Waals surface area contributed by atoms with Crippen molar-refractivity contribution in [1.29, 1.82) is 0 Å². The molecule has 0 radical (unpaired) electrons. The largest absolute Gasteiger partial charge is 0.384 e. The second-order valence-corrected chi connectivity index (χ2v) is 5.44. The zero-order valence-corrected chi connectivity index (χ0v) is 12.0. The Morgan fingerprint density at radius 2 is 2.15 bits per heavy atom. The Labute approximate surface area is 119 Å². The molecule has 1 saturated heterocycles. The second kappa shape index (κ2) is 7.36. The van der Waals surface area contributed by atoms with Gasteiger partial charge in [0.15, 0.2) is 0 Å². The van der Waals surface area contributed by atoms with Gasteiger partial charge < -0.3 is 9.64 Å². The molecule has 0 unspecified atom stereocenters. The van der Waals surface area contributed by atoms with Gasteiger partial charge >= 0.3 is 0 Å². The van der Waals surface area contributed by atoms with Gasteiger partial charge in [0.1, 0.15) is 0 Å². The standard InChI is InChI=1S/C15H22N2O3/c1-20-12-14-3-2-9-16(11-14)10-8-13-4-6-15(7-5-13)17(18)19/h4-7,14H,2-3,8-12H2,1H3/t14-/m0/s1. The van der Waals surface area contributed by atoms with Crippen molar-refractivity contribution >= 4 is 5.69 Å². The third-order valence-electron chi connectivity index (χ3n) is 3.87. The van der Waals surface area contributed by atoms with E-state index in [0.717, 1.165) is 38.2 Å². The van der Waals surface area contributed by atoms with Crippen molar-refractivity contribution in [2.45, 2.75) is 19.3 Å². The minimum Gasteiger partial charge on any atom is -0.384 e. The molecule has 0 amide bonds. The van der Waals surface area contributed by atoms with Crippen LogP contribution in [0.3, 0.4) is 0 Å². The zero-order valence-electron chi connectivity index (χ0n) is 12.0. The maximum absolute atomic E-state index is 10.6. The molecule has 1 aliphatic heterocycles. The Balaban J connectivity index is 1.80. The van der Waals surface area contributed by atoms with Crippen molar-refractivity contribution in [3.8, 4) is 0 Å². The summed E-state index contributed by atoms with van der Waals surface area (Å²) in [7, 11) is 1.76. The normalized spacial score (nSPS) is 19.9. The summed E-state index contributed by atoms with van der Waals surface area (Å²) in [6, 6.07) is 6.88. The van der Waals surface area contributed by atoms with E-state index in [0.29, 0.717) is 5.92 Å². The van der Waals surface area contributed by atoms with Crippen LogP contribution in [0.25, 0.3) is 0 Å². The Bertz CT molecular complexity index is 431. The summed E-state index contributed by atoms with van der Waals surface area (Å²) < 4.78 is 5.24. The molecule has 5 nitrogen and oxygen atoms in total. The number of non-ortho nitro benzene ring substituents is 1. The smallest absolute Gasteiger partial charge is 0.269 e. The van der Waals surface area contributed by atoms with E-state index in [4.69, 9.17) is 4.74 Å². The number of piperidine rings is 1. The lowest BCUT2D eigenvalue weighted by Gasteiger charge is -2.32. The van der Waals surface area contributed by atoms with Gasteiger partial charge in [0.05, 0.1) is 11.5 Å². The molecule has 1 fully saturated rings. The van der Waals surface area contributed by atoms with Crippen LogP contribution in [0.5, 0.6) is 0 Å². The number of likely N-dealkylation sites (tertiary alicyclic amines) is 1. The molecule has 1 atom stereocenters. The van der Waals surface area contributed by atoms with E-state index in [1.807, 2.05) is 12.1 Å². The lowest BCUT2D eigenvalue weighted by molar-refractivity contribution is -0.384. The molecular formula is C15H22N2O3. The topological polar surface area (TPSA) is 55.6 Å². The SMILES string of the molecule is COC[C@H]1CCCN(CCc2ccc([N+](=O)[O-])cc2)C1. The number of rotatable bonds is 6. The Morgan fingerprint density at radius 1 is 1.40 bits per heavy atom. The molecule has 110 valence electrons. The van der Waals surface area contributed by atoms with Gasteiger partial charge in [-0.25, -0.2) is 0 Å². The van der Waals surface area contributed by atoms with Gasteiger partial charge in [-0.1, -0.05) is 12.1 Å². The van der Waals surface area contributed by atoms with Crippen LogP contribution in [0.15, 0.2) is 24.3 Å². The van der Waals surface area contributed by atoms with Crippen LogP contribution in [-0.4, -0.2) is 43.2 Å². The van der Waals surface area contributed by atoms with Crippen LogP contribution in [0.1, 0.15) is 18.4 Å². The summed E-state index contributed by atoms with van der Waals surface area (Å²) in [5.74, 6) is 0.644. The van der Waals surface area contributed by atoms with Gasteiger partial charge in [-0.2, -0.15) is 0 Å². The zero-order chi connectivity index (χ0) is 14.4. The van der Waals surface area contributed by atoms with Gasteiger partial charge in [-0.15, -0.1) is 0 Å². The number of methoxy groups -OCH3 is 1. The highest BCUT2D eigenvalue weighted by molar-refractivity contribution is 5.32. The van der Waals surface area contributed by atoms with Gasteiger partial charge in [-0.05, 0) is 37.3 Å². The summed E-state index contributed by atoms with van der Waals surface area (Å²) in [6.07, 6.45) is 3.42. The lowest BCUT2D eigenvalue weighted by Crippen LogP contribution is -2.38. The number of hydrogen-bond acceptors (Lipinski definition) is 4. The van der Waals surface area contributed by atoms with Crippen LogP contribution < -0.4 is 0 Å². The molecule has 1 aliphatic rings. The Hall–Kier alpha value is -1.46. The fourth-order valence-electron chi connectivity index (χ4n) is 2.80. The predicted molar refractivity (Wildman–Crippen MR) is 77.8 cm³/mol. The van der Waals surface area contributed by atoms with Gasteiger partial charge in [0.25, 0.3) is 5.69 Å². The van der Waals surface area contributed by atoms with E-state index < -0.39 is 0 Å². The maximum atomic E-state index is 10.6. The fraction of sp³-hybridized carbons (Fsp3) is 0.600. The quantitative estimate of drug-likeness (QED) is 0.592. The van der Waals surface area contributed by atoms with E-state index in [1.165, 1.54) is 12.8 Å². The molecule has 0 saturated carbocycles. The molecular weight excluding hydrogens is 256 g/mol. The first-order chi connectivity index (χ1) is 9.69. The molecule has 1 heterocycles. The number of hydrogen-bond donors (Lipinski definition) is 0. The molecule has 0 N–H and O–H groups in total. The molecule has 1 aromatic carbocycles. The van der Waals surface area contributed by atoms with Gasteiger partial charge in [0, 0.05) is 32.3 Å². The molecule has 0 aliphatic carbocycles. The van der Waals surface area contributed by atoms with Crippen molar-refractivity contribution in [2.24, 2.45) is 5.92 Å². The molecule has 0 bridgehead atoms. The number of nitro groups is 1. The summed E-state index contributed by atoms with van der Waals surface area (Å²) in [5.41, 5.74) is 1.32. The molecule has 0 spiro atoms. The predicted octanol–water partition coefficient (Wildman–Crippen LogP) is 2.50. The maximum Gasteiger partial charge on any atom is 0.269 e. The first-order valence-electron chi connectivity index (χ1n) is 7.13. The highest BCUT2D eigenvalue weighted by Gasteiger charge is 2.19. The summed E-state index contributed by atoms with van der Waals surface area (Å²) >= 11 is 0. The summed E-state index contributed by atoms with van der Waals surface area (Å²) in [5, 5.41) is 10.6. The first kappa shape index (κ1) is 14.9. The number of benzene rings is 1. The third kappa shape index (κ3) is 4.28. The molecule has 20 heavy (non-hydrogen) atoms. The van der Waals surface area contributed by atoms with Crippen LogP contribution in [0.4, 0.5) is 5.69 Å². The molecule has 1 aromatic rings.